The van der Waals surface area contributed by atoms with Crippen molar-refractivity contribution < 1.29 is 14.3 Å². The summed E-state index contributed by atoms with van der Waals surface area (Å²) >= 11 is 1.66. The van der Waals surface area contributed by atoms with Gasteiger partial charge in [0.2, 0.25) is 0 Å². The number of hydrogen-bond acceptors (Lipinski definition) is 4. The molecule has 0 unspecified atom stereocenters. The molecule has 1 atom stereocenters. The molecule has 3 rings (SSSR count). The number of rotatable bonds is 4. The lowest BCUT2D eigenvalue weighted by atomic mass is 9.95. The summed E-state index contributed by atoms with van der Waals surface area (Å²) in [7, 11) is 0. The lowest BCUT2D eigenvalue weighted by Gasteiger charge is -2.23. The monoisotopic (exact) mass is 374 g/mol. The first-order valence-electron chi connectivity index (χ1n) is 9.07. The minimum atomic E-state index is -0.835. The van der Waals surface area contributed by atoms with Gasteiger partial charge in [0, 0.05) is 22.8 Å². The lowest BCUT2D eigenvalue weighted by Crippen LogP contribution is -2.46. The molecule has 0 aromatic carbocycles. The molecule has 0 saturated heterocycles. The van der Waals surface area contributed by atoms with E-state index >= 15 is 0 Å². The number of nitrogens with zero attached hydrogens (tertiary/aromatic N) is 1. The predicted octanol–water partition coefficient (Wildman–Crippen LogP) is 3.88. The van der Waals surface area contributed by atoms with Crippen LogP contribution in [-0.4, -0.2) is 28.1 Å². The molecule has 1 amide bonds. The Morgan fingerprint density at radius 1 is 1.19 bits per heavy atom. The first kappa shape index (κ1) is 18.7. The van der Waals surface area contributed by atoms with Crippen LogP contribution in [0.1, 0.15) is 61.3 Å². The van der Waals surface area contributed by atoms with E-state index in [1.165, 1.54) is 4.88 Å². The van der Waals surface area contributed by atoms with Crippen molar-refractivity contribution in [2.75, 3.05) is 0 Å². The van der Waals surface area contributed by atoms with E-state index in [1.807, 2.05) is 49.9 Å². The Hall–Kier alpha value is -2.08. The number of nitrogens with one attached hydrogen (secondary N) is 1. The van der Waals surface area contributed by atoms with E-state index in [1.54, 1.807) is 18.3 Å². The third kappa shape index (κ3) is 4.01. The van der Waals surface area contributed by atoms with Gasteiger partial charge in [-0.2, -0.15) is 0 Å². The van der Waals surface area contributed by atoms with Crippen molar-refractivity contribution in [3.8, 4) is 5.00 Å². The van der Waals surface area contributed by atoms with Crippen molar-refractivity contribution in [1.29, 1.82) is 0 Å². The van der Waals surface area contributed by atoms with E-state index in [9.17, 15) is 9.59 Å². The number of aryl methyl sites for hydroxylation is 1. The summed E-state index contributed by atoms with van der Waals surface area (Å²) in [4.78, 5) is 26.5. The van der Waals surface area contributed by atoms with Crippen molar-refractivity contribution in [1.82, 2.24) is 9.88 Å². The number of esters is 1. The van der Waals surface area contributed by atoms with Crippen molar-refractivity contribution in [2.24, 2.45) is 0 Å². The minimum Gasteiger partial charge on any atom is -0.449 e. The molecule has 2 aromatic rings. The number of thiophene rings is 1. The van der Waals surface area contributed by atoms with Gasteiger partial charge in [0.05, 0.1) is 5.56 Å². The average molecular weight is 375 g/mol. The Morgan fingerprint density at radius 3 is 2.50 bits per heavy atom. The van der Waals surface area contributed by atoms with Gasteiger partial charge in [-0.15, -0.1) is 11.3 Å². The summed E-state index contributed by atoms with van der Waals surface area (Å²) in [6, 6.07) is 3.88. The highest BCUT2D eigenvalue weighted by Crippen LogP contribution is 2.37. The van der Waals surface area contributed by atoms with E-state index in [2.05, 4.69) is 5.32 Å². The third-order valence-corrected chi connectivity index (χ3v) is 5.65. The zero-order valence-corrected chi connectivity index (χ0v) is 16.6. The van der Waals surface area contributed by atoms with Crippen LogP contribution in [0.15, 0.2) is 24.5 Å². The fraction of sp³-hybridized carbons (Fsp3) is 0.500. The van der Waals surface area contributed by atoms with Crippen molar-refractivity contribution >= 4 is 23.2 Å². The topological polar surface area (TPSA) is 60.3 Å². The molecule has 5 nitrogen and oxygen atoms in total. The van der Waals surface area contributed by atoms with Gasteiger partial charge in [0.15, 0.2) is 6.10 Å². The molecule has 1 aliphatic rings. The quantitative estimate of drug-likeness (QED) is 0.826. The molecule has 0 saturated carbocycles. The average Bonchev–Trinajstić information content (AvgIpc) is 3.20. The second-order valence-electron chi connectivity index (χ2n) is 7.77. The molecule has 0 aliphatic heterocycles. The predicted molar refractivity (Wildman–Crippen MR) is 103 cm³/mol. The maximum Gasteiger partial charge on any atom is 0.342 e. The van der Waals surface area contributed by atoms with Crippen molar-refractivity contribution in [3.05, 3.63) is 40.5 Å². The summed E-state index contributed by atoms with van der Waals surface area (Å²) in [5.74, 6) is -0.692. The lowest BCUT2D eigenvalue weighted by molar-refractivity contribution is -0.130. The molecule has 2 heterocycles. The highest BCUT2D eigenvalue weighted by molar-refractivity contribution is 7.15. The van der Waals surface area contributed by atoms with E-state index in [0.29, 0.717) is 5.56 Å². The van der Waals surface area contributed by atoms with Crippen LogP contribution >= 0.6 is 11.3 Å². The van der Waals surface area contributed by atoms with Crippen molar-refractivity contribution in [2.45, 2.75) is 65.0 Å². The number of hydrogen-bond donors (Lipinski definition) is 1. The molecule has 1 aliphatic carbocycles. The van der Waals surface area contributed by atoms with Crippen LogP contribution in [0.25, 0.3) is 5.00 Å². The van der Waals surface area contributed by atoms with E-state index < -0.39 is 12.1 Å². The van der Waals surface area contributed by atoms with Gasteiger partial charge in [-0.1, -0.05) is 0 Å². The molecule has 0 bridgehead atoms. The first-order chi connectivity index (χ1) is 12.3. The van der Waals surface area contributed by atoms with E-state index in [4.69, 9.17) is 4.74 Å². The smallest absolute Gasteiger partial charge is 0.342 e. The Balaban J connectivity index is 1.87. The SMILES string of the molecule is C[C@@H](OC(=O)c1c(-n2cccc2)sc2c1CCCC2)C(=O)NC(C)(C)C. The van der Waals surface area contributed by atoms with Gasteiger partial charge in [-0.3, -0.25) is 4.79 Å². The summed E-state index contributed by atoms with van der Waals surface area (Å²) in [5.41, 5.74) is 1.35. The molecule has 1 N–H and O–H groups in total. The molecule has 0 fully saturated rings. The van der Waals surface area contributed by atoms with Gasteiger partial charge >= 0.3 is 5.97 Å². The number of aromatic nitrogens is 1. The molecular weight excluding hydrogens is 348 g/mol. The molecule has 0 radical (unpaired) electrons. The summed E-state index contributed by atoms with van der Waals surface area (Å²) in [5, 5.41) is 3.74. The molecule has 0 spiro atoms. The number of amides is 1. The van der Waals surface area contributed by atoms with Gasteiger partial charge in [0.1, 0.15) is 5.00 Å². The van der Waals surface area contributed by atoms with Crippen molar-refractivity contribution in [3.63, 3.8) is 0 Å². The van der Waals surface area contributed by atoms with Crippen LogP contribution in [0.2, 0.25) is 0 Å². The fourth-order valence-corrected chi connectivity index (χ4v) is 4.50. The fourth-order valence-electron chi connectivity index (χ4n) is 3.16. The molecule has 6 heteroatoms. The molecule has 140 valence electrons. The van der Waals surface area contributed by atoms with Gasteiger partial charge < -0.3 is 14.6 Å². The number of carbonyl (C=O) groups excluding carboxylic acids is 2. The Morgan fingerprint density at radius 2 is 1.85 bits per heavy atom. The summed E-state index contributed by atoms with van der Waals surface area (Å²) in [6.07, 6.45) is 7.15. The first-order valence-corrected chi connectivity index (χ1v) is 9.89. The maximum atomic E-state index is 13.0. The summed E-state index contributed by atoms with van der Waals surface area (Å²) < 4.78 is 7.51. The van der Waals surface area contributed by atoms with Gasteiger partial charge in [-0.05, 0) is 71.1 Å². The zero-order valence-electron chi connectivity index (χ0n) is 15.8. The molecule has 26 heavy (non-hydrogen) atoms. The maximum absolute atomic E-state index is 13.0. The normalized spacial score (nSPS) is 15.2. The Kier molecular flexibility index (Phi) is 5.23. The Bertz CT molecular complexity index is 800. The van der Waals surface area contributed by atoms with Crippen LogP contribution in [-0.2, 0) is 22.4 Å². The highest BCUT2D eigenvalue weighted by atomic mass is 32.1. The van der Waals surface area contributed by atoms with Gasteiger partial charge in [-0.25, -0.2) is 4.79 Å². The van der Waals surface area contributed by atoms with Crippen LogP contribution in [0.5, 0.6) is 0 Å². The Labute approximate surface area is 158 Å². The zero-order chi connectivity index (χ0) is 18.9. The molecular formula is C20H26N2O3S. The van der Waals surface area contributed by atoms with E-state index in [0.717, 1.165) is 36.2 Å². The molecule has 2 aromatic heterocycles. The standard InChI is InChI=1S/C20H26N2O3S/c1-13(17(23)21-20(2,3)4)25-19(24)16-14-9-5-6-10-15(14)26-18(16)22-11-7-8-12-22/h7-8,11-13H,5-6,9-10H2,1-4H3,(H,21,23)/t13-/m1/s1. The van der Waals surface area contributed by atoms with Crippen LogP contribution in [0.4, 0.5) is 0 Å². The number of carbonyl (C=O) groups is 2. The van der Waals surface area contributed by atoms with E-state index in [-0.39, 0.29) is 11.4 Å². The van der Waals surface area contributed by atoms with Crippen LogP contribution in [0, 0.1) is 0 Å². The van der Waals surface area contributed by atoms with Crippen LogP contribution < -0.4 is 5.32 Å². The minimum absolute atomic E-state index is 0.280. The second kappa shape index (κ2) is 7.27. The van der Waals surface area contributed by atoms with Crippen LogP contribution in [0.3, 0.4) is 0 Å². The third-order valence-electron chi connectivity index (χ3n) is 4.35. The summed E-state index contributed by atoms with van der Waals surface area (Å²) in [6.45, 7) is 7.32. The highest BCUT2D eigenvalue weighted by Gasteiger charge is 2.30. The second-order valence-corrected chi connectivity index (χ2v) is 8.85. The number of ether oxygens (including phenoxy) is 1. The number of fused-ring (bicyclic) bond motifs is 1. The largest absolute Gasteiger partial charge is 0.449 e. The van der Waals surface area contributed by atoms with Gasteiger partial charge in [0.25, 0.3) is 5.91 Å².